The van der Waals surface area contributed by atoms with Gasteiger partial charge in [-0.2, -0.15) is 0 Å². The molecule has 5 rings (SSSR count). The summed E-state index contributed by atoms with van der Waals surface area (Å²) < 4.78 is 6.31. The second-order valence-electron chi connectivity index (χ2n) is 8.46. The van der Waals surface area contributed by atoms with Crippen LogP contribution in [-0.4, -0.2) is 52.3 Å². The molecule has 1 aliphatic carbocycles. The van der Waals surface area contributed by atoms with Crippen LogP contribution < -0.4 is 9.47 Å². The monoisotopic (exact) mass is 431 g/mol. The molecule has 32 heavy (non-hydrogen) atoms. The molecule has 164 valence electrons. The molecule has 0 spiro atoms. The van der Waals surface area contributed by atoms with Crippen LogP contribution in [-0.2, 0) is 12.8 Å². The minimum absolute atomic E-state index is 0.0879. The number of amides is 1. The Balaban J connectivity index is 1.36. The van der Waals surface area contributed by atoms with Crippen LogP contribution in [0.5, 0.6) is 5.75 Å². The SMILES string of the molecule is Cc1ccc2c(c1)CCc1cccnc1C2N1CCN(C(=O)Oc2ccc[n+](O)c2)CC1. The molecule has 1 atom stereocenters. The molecule has 1 saturated heterocycles. The second-order valence-corrected chi connectivity index (χ2v) is 8.46. The molecule has 1 N–H and O–H groups in total. The Morgan fingerprint density at radius 3 is 2.72 bits per heavy atom. The van der Waals surface area contributed by atoms with Crippen LogP contribution in [0.1, 0.15) is 34.0 Å². The first kappa shape index (κ1) is 20.5. The molecule has 1 aliphatic heterocycles. The van der Waals surface area contributed by atoms with Gasteiger partial charge in [0.2, 0.25) is 11.9 Å². The van der Waals surface area contributed by atoms with Gasteiger partial charge in [-0.1, -0.05) is 29.8 Å². The molecule has 2 aliphatic rings. The average molecular weight is 432 g/mol. The van der Waals surface area contributed by atoms with Crippen LogP contribution >= 0.6 is 0 Å². The predicted octanol–water partition coefficient (Wildman–Crippen LogP) is 2.92. The van der Waals surface area contributed by atoms with E-state index < -0.39 is 6.09 Å². The summed E-state index contributed by atoms with van der Waals surface area (Å²) in [5.41, 5.74) is 6.41. The number of rotatable bonds is 2. The molecule has 0 bridgehead atoms. The zero-order chi connectivity index (χ0) is 22.1. The summed E-state index contributed by atoms with van der Waals surface area (Å²) >= 11 is 0. The molecule has 1 aromatic carbocycles. The molecule has 1 amide bonds. The average Bonchev–Trinajstić information content (AvgIpc) is 2.96. The molecule has 1 fully saturated rings. The first-order chi connectivity index (χ1) is 15.6. The molecular weight excluding hydrogens is 404 g/mol. The largest absolute Gasteiger partial charge is 0.415 e. The zero-order valence-corrected chi connectivity index (χ0v) is 18.1. The van der Waals surface area contributed by atoms with Crippen molar-refractivity contribution in [2.45, 2.75) is 25.8 Å². The summed E-state index contributed by atoms with van der Waals surface area (Å²) in [6.45, 7) is 4.76. The molecular formula is C25H27N4O3+. The van der Waals surface area contributed by atoms with E-state index in [1.54, 1.807) is 17.0 Å². The number of aryl methyl sites for hydroxylation is 3. The lowest BCUT2D eigenvalue weighted by atomic mass is 9.94. The number of ether oxygens (including phenoxy) is 1. The number of aromatic nitrogens is 2. The van der Waals surface area contributed by atoms with Gasteiger partial charge < -0.3 is 9.64 Å². The third-order valence-corrected chi connectivity index (χ3v) is 6.34. The topological polar surface area (TPSA) is 69.8 Å². The highest BCUT2D eigenvalue weighted by molar-refractivity contribution is 5.70. The molecule has 0 radical (unpaired) electrons. The van der Waals surface area contributed by atoms with Crippen molar-refractivity contribution < 1.29 is 19.5 Å². The summed E-state index contributed by atoms with van der Waals surface area (Å²) in [4.78, 5) is 21.6. The van der Waals surface area contributed by atoms with Gasteiger partial charge in [0.05, 0.1) is 11.7 Å². The van der Waals surface area contributed by atoms with Crippen LogP contribution in [0.15, 0.2) is 61.1 Å². The lowest BCUT2D eigenvalue weighted by molar-refractivity contribution is -0.904. The van der Waals surface area contributed by atoms with Crippen molar-refractivity contribution in [2.24, 2.45) is 0 Å². The van der Waals surface area contributed by atoms with E-state index in [1.165, 1.54) is 34.6 Å². The van der Waals surface area contributed by atoms with Gasteiger partial charge in [-0.25, -0.2) is 4.79 Å². The number of benzene rings is 1. The number of piperazine rings is 1. The molecule has 1 unspecified atom stereocenters. The van der Waals surface area contributed by atoms with Crippen molar-refractivity contribution >= 4 is 6.09 Å². The minimum Gasteiger partial charge on any atom is -0.404 e. The van der Waals surface area contributed by atoms with Gasteiger partial charge in [0.1, 0.15) is 0 Å². The van der Waals surface area contributed by atoms with Gasteiger partial charge in [0, 0.05) is 43.2 Å². The summed E-state index contributed by atoms with van der Waals surface area (Å²) in [6.07, 6.45) is 6.32. The summed E-state index contributed by atoms with van der Waals surface area (Å²) in [7, 11) is 0. The normalized spacial score (nSPS) is 18.4. The fraction of sp³-hybridized carbons (Fsp3) is 0.320. The first-order valence-electron chi connectivity index (χ1n) is 11.0. The summed E-state index contributed by atoms with van der Waals surface area (Å²) in [5, 5.41) is 9.51. The Bertz CT molecular complexity index is 1140. The highest BCUT2D eigenvalue weighted by Gasteiger charge is 2.33. The van der Waals surface area contributed by atoms with E-state index in [2.05, 4.69) is 36.1 Å². The lowest BCUT2D eigenvalue weighted by Gasteiger charge is -2.39. The van der Waals surface area contributed by atoms with E-state index in [4.69, 9.17) is 9.72 Å². The van der Waals surface area contributed by atoms with Gasteiger partial charge in [-0.05, 0) is 48.6 Å². The molecule has 2 aromatic heterocycles. The van der Waals surface area contributed by atoms with E-state index in [0.29, 0.717) is 18.8 Å². The van der Waals surface area contributed by atoms with Crippen molar-refractivity contribution in [1.82, 2.24) is 14.8 Å². The van der Waals surface area contributed by atoms with Crippen molar-refractivity contribution in [3.63, 3.8) is 0 Å². The smallest absolute Gasteiger partial charge is 0.404 e. The number of carbonyl (C=O) groups excluding carboxylic acids is 1. The van der Waals surface area contributed by atoms with Gasteiger partial charge in [-0.15, -0.1) is 0 Å². The third kappa shape index (κ3) is 4.03. The van der Waals surface area contributed by atoms with Crippen LogP contribution in [0.4, 0.5) is 4.79 Å². The Morgan fingerprint density at radius 1 is 1.09 bits per heavy atom. The number of hydrogen-bond acceptors (Lipinski definition) is 5. The Kier molecular flexibility index (Phi) is 5.49. The van der Waals surface area contributed by atoms with E-state index in [9.17, 15) is 10.0 Å². The number of carbonyl (C=O) groups is 1. The summed E-state index contributed by atoms with van der Waals surface area (Å²) in [5.74, 6) is 0.314. The van der Waals surface area contributed by atoms with Crippen molar-refractivity contribution in [1.29, 1.82) is 0 Å². The Hall–Kier alpha value is -3.45. The van der Waals surface area contributed by atoms with Crippen molar-refractivity contribution in [3.05, 3.63) is 89.0 Å². The maximum absolute atomic E-state index is 12.6. The van der Waals surface area contributed by atoms with E-state index in [0.717, 1.165) is 36.4 Å². The summed E-state index contributed by atoms with van der Waals surface area (Å²) in [6, 6.07) is 14.3. The number of hydrogen-bond donors (Lipinski definition) is 1. The van der Waals surface area contributed by atoms with Gasteiger partial charge >= 0.3 is 6.09 Å². The van der Waals surface area contributed by atoms with Crippen LogP contribution in [0.25, 0.3) is 0 Å². The first-order valence-corrected chi connectivity index (χ1v) is 11.0. The zero-order valence-electron chi connectivity index (χ0n) is 18.1. The van der Waals surface area contributed by atoms with Gasteiger partial charge in [0.25, 0.3) is 6.20 Å². The van der Waals surface area contributed by atoms with Crippen LogP contribution in [0.2, 0.25) is 0 Å². The lowest BCUT2D eigenvalue weighted by Crippen LogP contribution is -2.50. The molecule has 7 nitrogen and oxygen atoms in total. The predicted molar refractivity (Wildman–Crippen MR) is 118 cm³/mol. The number of fused-ring (bicyclic) bond motifs is 2. The highest BCUT2D eigenvalue weighted by Crippen LogP contribution is 2.36. The molecule has 3 heterocycles. The molecule has 3 aromatic rings. The highest BCUT2D eigenvalue weighted by atomic mass is 16.6. The third-order valence-electron chi connectivity index (χ3n) is 6.34. The van der Waals surface area contributed by atoms with E-state index in [-0.39, 0.29) is 6.04 Å². The maximum atomic E-state index is 12.6. The van der Waals surface area contributed by atoms with Gasteiger partial charge in [0.15, 0.2) is 0 Å². The second kappa shape index (κ2) is 8.59. The molecule has 0 saturated carbocycles. The fourth-order valence-electron chi connectivity index (χ4n) is 4.74. The minimum atomic E-state index is -0.397. The number of pyridine rings is 2. The number of nitrogens with zero attached hydrogens (tertiary/aromatic N) is 4. The molecule has 7 heteroatoms. The standard InChI is InChI=1S/C25H27N4O3/c1-18-6-9-22-20(16-18)8-7-19-4-2-10-26-23(19)24(22)27-12-14-28(15-13-27)25(30)32-21-5-3-11-29(31)17-21/h2-6,9-11,16-17,24,31H,7-8,12-15H2,1H3/q+1. The fourth-order valence-corrected chi connectivity index (χ4v) is 4.74. The van der Waals surface area contributed by atoms with Crippen LogP contribution in [0.3, 0.4) is 0 Å². The van der Waals surface area contributed by atoms with E-state index >= 15 is 0 Å². The van der Waals surface area contributed by atoms with Crippen LogP contribution in [0, 0.1) is 6.92 Å². The maximum Gasteiger partial charge on any atom is 0.415 e. The van der Waals surface area contributed by atoms with Crippen molar-refractivity contribution in [2.75, 3.05) is 26.2 Å². The Morgan fingerprint density at radius 2 is 1.91 bits per heavy atom. The van der Waals surface area contributed by atoms with Crippen molar-refractivity contribution in [3.8, 4) is 5.75 Å². The van der Waals surface area contributed by atoms with E-state index in [1.807, 2.05) is 12.3 Å². The Labute approximate surface area is 187 Å². The van der Waals surface area contributed by atoms with Gasteiger partial charge in [-0.3, -0.25) is 15.1 Å². The quantitative estimate of drug-likeness (QED) is 0.499.